The number of amides is 2. The summed E-state index contributed by atoms with van der Waals surface area (Å²) in [6, 6.07) is 12.7. The van der Waals surface area contributed by atoms with Gasteiger partial charge in [-0.1, -0.05) is 35.5 Å². The molecular weight excluding hydrogens is 378 g/mol. The van der Waals surface area contributed by atoms with E-state index in [1.165, 1.54) is 18.4 Å². The monoisotopic (exact) mass is 397 g/mol. The van der Waals surface area contributed by atoms with Gasteiger partial charge in [0.15, 0.2) is 18.2 Å². The second-order valence-corrected chi connectivity index (χ2v) is 6.17. The number of aryl methyl sites for hydroxylation is 1. The standard InChI is InChI=1S/C20H19N3O6/c1-13-10-17(23-29-13)22-18(24)12-28-20(26)15(11-14-6-3-2-4-7-14)21-19(25)16-8-5-9-27-16/h2-10,15H,11-12H2,1H3,(H,21,25)(H,22,23,24)/t15-/m0/s1. The summed E-state index contributed by atoms with van der Waals surface area (Å²) in [6.45, 7) is 1.14. The lowest BCUT2D eigenvalue weighted by molar-refractivity contribution is -0.149. The van der Waals surface area contributed by atoms with Crippen molar-refractivity contribution in [3.63, 3.8) is 0 Å². The minimum atomic E-state index is -1.00. The summed E-state index contributed by atoms with van der Waals surface area (Å²) in [5.41, 5.74) is 0.816. The van der Waals surface area contributed by atoms with Crippen LogP contribution in [0.5, 0.6) is 0 Å². The van der Waals surface area contributed by atoms with Crippen molar-refractivity contribution in [2.75, 3.05) is 11.9 Å². The molecule has 9 nitrogen and oxygen atoms in total. The molecule has 1 aromatic carbocycles. The zero-order valence-electron chi connectivity index (χ0n) is 15.6. The molecule has 0 saturated carbocycles. The van der Waals surface area contributed by atoms with Crippen molar-refractivity contribution in [2.24, 2.45) is 0 Å². The highest BCUT2D eigenvalue weighted by molar-refractivity contribution is 5.95. The summed E-state index contributed by atoms with van der Waals surface area (Å²) in [5, 5.41) is 8.65. The van der Waals surface area contributed by atoms with Gasteiger partial charge in [0.25, 0.3) is 11.8 Å². The summed E-state index contributed by atoms with van der Waals surface area (Å²) in [7, 11) is 0. The Balaban J connectivity index is 1.61. The molecule has 2 N–H and O–H groups in total. The molecule has 0 fully saturated rings. The third-order valence-corrected chi connectivity index (χ3v) is 3.86. The highest BCUT2D eigenvalue weighted by Gasteiger charge is 2.25. The van der Waals surface area contributed by atoms with Crippen molar-refractivity contribution in [2.45, 2.75) is 19.4 Å². The minimum Gasteiger partial charge on any atom is -0.459 e. The highest BCUT2D eigenvalue weighted by Crippen LogP contribution is 2.09. The van der Waals surface area contributed by atoms with E-state index >= 15 is 0 Å². The van der Waals surface area contributed by atoms with Gasteiger partial charge in [-0.25, -0.2) is 4.79 Å². The number of esters is 1. The molecule has 0 spiro atoms. The molecule has 0 saturated heterocycles. The first-order valence-corrected chi connectivity index (χ1v) is 8.79. The van der Waals surface area contributed by atoms with Gasteiger partial charge in [0, 0.05) is 12.5 Å². The van der Waals surface area contributed by atoms with E-state index in [1.54, 1.807) is 13.0 Å². The molecule has 2 heterocycles. The fourth-order valence-corrected chi connectivity index (χ4v) is 2.52. The third-order valence-electron chi connectivity index (χ3n) is 3.86. The molecule has 150 valence electrons. The Bertz CT molecular complexity index is 965. The molecule has 29 heavy (non-hydrogen) atoms. The van der Waals surface area contributed by atoms with Gasteiger partial charge >= 0.3 is 5.97 Å². The van der Waals surface area contributed by atoms with Crippen molar-refractivity contribution >= 4 is 23.6 Å². The minimum absolute atomic E-state index is 0.0648. The average molecular weight is 397 g/mol. The van der Waals surface area contributed by atoms with E-state index in [9.17, 15) is 14.4 Å². The lowest BCUT2D eigenvalue weighted by Crippen LogP contribution is -2.44. The second kappa shape index (κ2) is 9.36. The van der Waals surface area contributed by atoms with Gasteiger partial charge in [-0.2, -0.15) is 0 Å². The molecule has 2 aromatic heterocycles. The molecule has 3 rings (SSSR count). The van der Waals surface area contributed by atoms with E-state index < -0.39 is 30.4 Å². The number of carbonyl (C=O) groups excluding carboxylic acids is 3. The molecule has 0 bridgehead atoms. The maximum absolute atomic E-state index is 12.5. The van der Waals surface area contributed by atoms with E-state index in [2.05, 4.69) is 15.8 Å². The normalized spacial score (nSPS) is 11.5. The van der Waals surface area contributed by atoms with Crippen LogP contribution in [0.3, 0.4) is 0 Å². The molecular formula is C20H19N3O6. The van der Waals surface area contributed by atoms with Crippen molar-refractivity contribution in [3.05, 3.63) is 71.9 Å². The molecule has 0 radical (unpaired) electrons. The number of rotatable bonds is 8. The molecule has 2 amide bonds. The number of hydrogen-bond acceptors (Lipinski definition) is 7. The van der Waals surface area contributed by atoms with Crippen LogP contribution in [-0.2, 0) is 20.7 Å². The summed E-state index contributed by atoms with van der Waals surface area (Å²) in [5.74, 6) is -1.08. The van der Waals surface area contributed by atoms with Crippen LogP contribution in [0.25, 0.3) is 0 Å². The quantitative estimate of drug-likeness (QED) is 0.558. The van der Waals surface area contributed by atoms with Crippen LogP contribution in [0.4, 0.5) is 5.82 Å². The Hall–Kier alpha value is -3.88. The Kier molecular flexibility index (Phi) is 6.41. The molecule has 0 aliphatic carbocycles. The molecule has 1 atom stereocenters. The van der Waals surface area contributed by atoms with Gasteiger partial charge in [0.2, 0.25) is 0 Å². The summed E-state index contributed by atoms with van der Waals surface area (Å²) >= 11 is 0. The van der Waals surface area contributed by atoms with E-state index in [4.69, 9.17) is 13.7 Å². The predicted octanol–water partition coefficient (Wildman–Crippen LogP) is 2.10. The number of hydrogen-bond donors (Lipinski definition) is 2. The highest BCUT2D eigenvalue weighted by atomic mass is 16.5. The van der Waals surface area contributed by atoms with E-state index in [0.717, 1.165) is 5.56 Å². The zero-order valence-corrected chi connectivity index (χ0v) is 15.6. The Labute approximate surface area is 166 Å². The average Bonchev–Trinajstić information content (AvgIpc) is 3.38. The van der Waals surface area contributed by atoms with E-state index in [0.29, 0.717) is 5.76 Å². The summed E-state index contributed by atoms with van der Waals surface area (Å²) < 4.78 is 15.0. The lowest BCUT2D eigenvalue weighted by Gasteiger charge is -2.17. The first-order chi connectivity index (χ1) is 14.0. The lowest BCUT2D eigenvalue weighted by atomic mass is 10.1. The van der Waals surface area contributed by atoms with Crippen LogP contribution >= 0.6 is 0 Å². The Morgan fingerprint density at radius 1 is 1.14 bits per heavy atom. The van der Waals surface area contributed by atoms with Crippen LogP contribution in [0.2, 0.25) is 0 Å². The maximum Gasteiger partial charge on any atom is 0.329 e. The Morgan fingerprint density at radius 2 is 1.93 bits per heavy atom. The molecule has 0 aliphatic heterocycles. The zero-order chi connectivity index (χ0) is 20.6. The van der Waals surface area contributed by atoms with Crippen LogP contribution in [0.1, 0.15) is 21.9 Å². The van der Waals surface area contributed by atoms with Crippen molar-refractivity contribution in [3.8, 4) is 0 Å². The van der Waals surface area contributed by atoms with E-state index in [1.807, 2.05) is 30.3 Å². The van der Waals surface area contributed by atoms with Crippen molar-refractivity contribution in [1.82, 2.24) is 10.5 Å². The number of nitrogens with zero attached hydrogens (tertiary/aromatic N) is 1. The van der Waals surface area contributed by atoms with Gasteiger partial charge < -0.3 is 24.3 Å². The first-order valence-electron chi connectivity index (χ1n) is 8.79. The number of nitrogens with one attached hydrogen (secondary N) is 2. The Morgan fingerprint density at radius 3 is 2.59 bits per heavy atom. The van der Waals surface area contributed by atoms with Crippen LogP contribution in [0, 0.1) is 6.92 Å². The molecule has 0 unspecified atom stereocenters. The number of carbonyl (C=O) groups is 3. The summed E-state index contributed by atoms with van der Waals surface area (Å²) in [6.07, 6.45) is 1.55. The maximum atomic E-state index is 12.5. The molecule has 0 aliphatic rings. The van der Waals surface area contributed by atoms with Crippen molar-refractivity contribution < 1.29 is 28.1 Å². The predicted molar refractivity (Wildman–Crippen MR) is 101 cm³/mol. The smallest absolute Gasteiger partial charge is 0.329 e. The van der Waals surface area contributed by atoms with Crippen LogP contribution in [0.15, 0.2) is 63.7 Å². The number of furan rings is 1. The second-order valence-electron chi connectivity index (χ2n) is 6.17. The van der Waals surface area contributed by atoms with E-state index in [-0.39, 0.29) is 18.0 Å². The van der Waals surface area contributed by atoms with Gasteiger partial charge in [-0.15, -0.1) is 0 Å². The largest absolute Gasteiger partial charge is 0.459 e. The molecule has 9 heteroatoms. The number of benzene rings is 1. The van der Waals surface area contributed by atoms with Gasteiger partial charge in [0.05, 0.1) is 6.26 Å². The van der Waals surface area contributed by atoms with Crippen molar-refractivity contribution in [1.29, 1.82) is 0 Å². The fourth-order valence-electron chi connectivity index (χ4n) is 2.52. The molecule has 3 aromatic rings. The first kappa shape index (κ1) is 19.9. The summed E-state index contributed by atoms with van der Waals surface area (Å²) in [4.78, 5) is 36.8. The number of anilines is 1. The third kappa shape index (κ3) is 5.80. The topological polar surface area (TPSA) is 124 Å². The van der Waals surface area contributed by atoms with Gasteiger partial charge in [0.1, 0.15) is 11.8 Å². The number of ether oxygens (including phenoxy) is 1. The van der Waals surface area contributed by atoms with Crippen LogP contribution < -0.4 is 10.6 Å². The SMILES string of the molecule is Cc1cc(NC(=O)COC(=O)[C@H](Cc2ccccc2)NC(=O)c2ccco2)no1. The number of aromatic nitrogens is 1. The van der Waals surface area contributed by atoms with Crippen LogP contribution in [-0.4, -0.2) is 35.6 Å². The van der Waals surface area contributed by atoms with Gasteiger partial charge in [-0.3, -0.25) is 9.59 Å². The van der Waals surface area contributed by atoms with Gasteiger partial charge in [-0.05, 0) is 24.6 Å². The fraction of sp³-hybridized carbons (Fsp3) is 0.200.